The van der Waals surface area contributed by atoms with Gasteiger partial charge in [0, 0.05) is 24.7 Å². The fourth-order valence-corrected chi connectivity index (χ4v) is 3.63. The maximum atomic E-state index is 14.4. The predicted octanol–water partition coefficient (Wildman–Crippen LogP) is 1.86. The minimum Gasteiger partial charge on any atom is -0.389 e. The van der Waals surface area contributed by atoms with Crippen molar-refractivity contribution in [1.82, 2.24) is 24.9 Å². The van der Waals surface area contributed by atoms with Crippen LogP contribution in [0.3, 0.4) is 0 Å². The van der Waals surface area contributed by atoms with E-state index < -0.39 is 18.0 Å². The minimum atomic E-state index is -0.994. The van der Waals surface area contributed by atoms with Crippen LogP contribution in [0, 0.1) is 11.6 Å². The van der Waals surface area contributed by atoms with E-state index in [1.807, 2.05) is 0 Å². The number of anilines is 1. The summed E-state index contributed by atoms with van der Waals surface area (Å²) in [6, 6.07) is 9.65. The quantitative estimate of drug-likeness (QED) is 0.484. The summed E-state index contributed by atoms with van der Waals surface area (Å²) in [5.41, 5.74) is 1.76. The third-order valence-electron chi connectivity index (χ3n) is 5.27. The molecular weight excluding hydrogens is 422 g/mol. The van der Waals surface area contributed by atoms with Crippen molar-refractivity contribution < 1.29 is 23.5 Å². The first-order chi connectivity index (χ1) is 15.5. The maximum Gasteiger partial charge on any atom is 0.183 e. The third-order valence-corrected chi connectivity index (χ3v) is 5.27. The molecule has 3 aromatic heterocycles. The van der Waals surface area contributed by atoms with Crippen molar-refractivity contribution in [3.8, 4) is 22.9 Å². The van der Waals surface area contributed by atoms with E-state index in [-0.39, 0.29) is 37.1 Å². The van der Waals surface area contributed by atoms with Gasteiger partial charge in [-0.05, 0) is 12.1 Å². The first-order valence-corrected chi connectivity index (χ1v) is 9.85. The first-order valence-electron chi connectivity index (χ1n) is 9.85. The van der Waals surface area contributed by atoms with Crippen LogP contribution < -0.4 is 4.90 Å². The lowest BCUT2D eigenvalue weighted by atomic mass is 10.2. The topological polar surface area (TPSA) is 113 Å². The van der Waals surface area contributed by atoms with Gasteiger partial charge in [-0.25, -0.2) is 18.7 Å². The Bertz CT molecular complexity index is 1240. The molecule has 4 aromatic rings. The largest absolute Gasteiger partial charge is 0.389 e. The van der Waals surface area contributed by atoms with Crippen molar-refractivity contribution in [2.75, 3.05) is 18.0 Å². The Kier molecular flexibility index (Phi) is 5.11. The van der Waals surface area contributed by atoms with E-state index in [9.17, 15) is 19.0 Å². The van der Waals surface area contributed by atoms with Gasteiger partial charge in [0.2, 0.25) is 0 Å². The van der Waals surface area contributed by atoms with Crippen LogP contribution in [-0.2, 0) is 6.54 Å². The van der Waals surface area contributed by atoms with Crippen LogP contribution in [0.25, 0.3) is 22.9 Å². The zero-order chi connectivity index (χ0) is 22.2. The molecule has 2 N–H and O–H groups in total. The number of benzene rings is 1. The molecule has 9 nitrogen and oxygen atoms in total. The van der Waals surface area contributed by atoms with E-state index >= 15 is 0 Å². The van der Waals surface area contributed by atoms with Crippen LogP contribution in [0.2, 0.25) is 0 Å². The first kappa shape index (κ1) is 20.2. The Morgan fingerprint density at radius 2 is 1.81 bits per heavy atom. The zero-order valence-corrected chi connectivity index (χ0v) is 16.6. The summed E-state index contributed by atoms with van der Waals surface area (Å²) < 4.78 is 35.1. The third kappa shape index (κ3) is 3.72. The summed E-state index contributed by atoms with van der Waals surface area (Å²) in [4.78, 5) is 9.77. The molecule has 1 aliphatic rings. The van der Waals surface area contributed by atoms with Crippen LogP contribution in [0.1, 0.15) is 5.56 Å². The second-order valence-corrected chi connectivity index (χ2v) is 7.45. The molecular formula is C21H18F2N6O3. The molecule has 1 aliphatic heterocycles. The number of β-amino-alcohol motifs (C(OH)–C–C–N with tert-alkyl or cyclic N) is 2. The van der Waals surface area contributed by atoms with Crippen molar-refractivity contribution in [2.45, 2.75) is 18.8 Å². The van der Waals surface area contributed by atoms with Gasteiger partial charge in [-0.15, -0.1) is 0 Å². The second-order valence-electron chi connectivity index (χ2n) is 7.45. The summed E-state index contributed by atoms with van der Waals surface area (Å²) in [7, 11) is 0. The molecule has 1 aromatic carbocycles. The number of halogens is 2. The highest BCUT2D eigenvalue weighted by Crippen LogP contribution is 2.28. The number of aliphatic hydroxyl groups excluding tert-OH is 2. The molecule has 11 heteroatoms. The van der Waals surface area contributed by atoms with Crippen LogP contribution in [0.5, 0.6) is 0 Å². The van der Waals surface area contributed by atoms with Gasteiger partial charge in [0.25, 0.3) is 0 Å². The standard InChI is InChI=1S/C21H18F2N6O3/c22-13-4-2-1-3-12(13)9-29-17(15-5-6-32-27-15)7-16(26-29)20-24-8-14(23)21(25-20)28-10-18(30)19(31)11-28/h1-8,18-19,30-31H,9-11H2/t18-,19+. The van der Waals surface area contributed by atoms with Gasteiger partial charge >= 0.3 is 0 Å². The SMILES string of the molecule is O[C@@H]1CN(c2nc(-c3cc(-c4ccon4)n(Cc4ccccc4F)n3)ncc2F)C[C@@H]1O. The Morgan fingerprint density at radius 1 is 1.03 bits per heavy atom. The number of hydrogen-bond donors (Lipinski definition) is 2. The summed E-state index contributed by atoms with van der Waals surface area (Å²) in [5, 5.41) is 28.0. The fourth-order valence-electron chi connectivity index (χ4n) is 3.63. The van der Waals surface area contributed by atoms with Gasteiger partial charge < -0.3 is 19.6 Å². The van der Waals surface area contributed by atoms with E-state index in [2.05, 4.69) is 20.2 Å². The summed E-state index contributed by atoms with van der Waals surface area (Å²) in [5.74, 6) is -0.966. The highest BCUT2D eigenvalue weighted by Gasteiger charge is 2.32. The van der Waals surface area contributed by atoms with Gasteiger partial charge in [0.1, 0.15) is 23.5 Å². The lowest BCUT2D eigenvalue weighted by molar-refractivity contribution is 0.0572. The molecule has 1 saturated heterocycles. The molecule has 1 fully saturated rings. The van der Waals surface area contributed by atoms with Crippen molar-refractivity contribution in [2.24, 2.45) is 0 Å². The highest BCUT2D eigenvalue weighted by molar-refractivity contribution is 5.63. The number of aromatic nitrogens is 5. The van der Waals surface area contributed by atoms with Gasteiger partial charge in [-0.2, -0.15) is 5.10 Å². The van der Waals surface area contributed by atoms with Gasteiger partial charge in [-0.1, -0.05) is 23.4 Å². The van der Waals surface area contributed by atoms with Crippen molar-refractivity contribution in [1.29, 1.82) is 0 Å². The fraction of sp³-hybridized carbons (Fsp3) is 0.238. The Balaban J connectivity index is 1.54. The second kappa shape index (κ2) is 8.09. The molecule has 0 saturated carbocycles. The molecule has 0 aliphatic carbocycles. The number of rotatable bonds is 5. The highest BCUT2D eigenvalue weighted by atomic mass is 19.1. The molecule has 0 unspecified atom stereocenters. The average Bonchev–Trinajstić information content (AvgIpc) is 3.51. The van der Waals surface area contributed by atoms with E-state index in [1.54, 1.807) is 35.0 Å². The van der Waals surface area contributed by atoms with Gasteiger partial charge in [0.05, 0.1) is 30.6 Å². The molecule has 164 valence electrons. The van der Waals surface area contributed by atoms with E-state index in [0.29, 0.717) is 22.6 Å². The Labute approximate surface area is 180 Å². The zero-order valence-electron chi connectivity index (χ0n) is 16.6. The van der Waals surface area contributed by atoms with Crippen molar-refractivity contribution in [3.05, 3.63) is 66.1 Å². The number of hydrogen-bond acceptors (Lipinski definition) is 8. The molecule has 0 amide bonds. The molecule has 4 heterocycles. The van der Waals surface area contributed by atoms with Crippen LogP contribution in [0.15, 0.2) is 53.4 Å². The molecule has 5 rings (SSSR count). The van der Waals surface area contributed by atoms with Crippen LogP contribution in [0.4, 0.5) is 14.6 Å². The molecule has 32 heavy (non-hydrogen) atoms. The van der Waals surface area contributed by atoms with Gasteiger partial charge in [-0.3, -0.25) is 4.68 Å². The lowest BCUT2D eigenvalue weighted by Gasteiger charge is -2.17. The number of aliphatic hydroxyl groups is 2. The molecule has 0 radical (unpaired) electrons. The Hall–Kier alpha value is -3.70. The lowest BCUT2D eigenvalue weighted by Crippen LogP contribution is -2.24. The molecule has 0 spiro atoms. The van der Waals surface area contributed by atoms with Crippen LogP contribution >= 0.6 is 0 Å². The molecule has 0 bridgehead atoms. The minimum absolute atomic E-state index is 0.0421. The number of nitrogens with zero attached hydrogens (tertiary/aromatic N) is 6. The van der Waals surface area contributed by atoms with E-state index in [4.69, 9.17) is 4.52 Å². The predicted molar refractivity (Wildman–Crippen MR) is 108 cm³/mol. The van der Waals surface area contributed by atoms with Crippen LogP contribution in [-0.4, -0.2) is 60.4 Å². The van der Waals surface area contributed by atoms with Crippen molar-refractivity contribution in [3.63, 3.8) is 0 Å². The monoisotopic (exact) mass is 440 g/mol. The average molecular weight is 440 g/mol. The van der Waals surface area contributed by atoms with Crippen molar-refractivity contribution >= 4 is 5.82 Å². The maximum absolute atomic E-state index is 14.4. The molecule has 2 atom stereocenters. The summed E-state index contributed by atoms with van der Waals surface area (Å²) in [6.07, 6.45) is 0.435. The Morgan fingerprint density at radius 3 is 2.53 bits per heavy atom. The van der Waals surface area contributed by atoms with E-state index in [1.165, 1.54) is 17.2 Å². The summed E-state index contributed by atoms with van der Waals surface area (Å²) >= 11 is 0. The van der Waals surface area contributed by atoms with Gasteiger partial charge in [0.15, 0.2) is 17.5 Å². The normalized spacial score (nSPS) is 18.4. The smallest absolute Gasteiger partial charge is 0.183 e. The van der Waals surface area contributed by atoms with E-state index in [0.717, 1.165) is 6.20 Å². The summed E-state index contributed by atoms with van der Waals surface area (Å²) in [6.45, 7) is 0.203.